The summed E-state index contributed by atoms with van der Waals surface area (Å²) >= 11 is 6.25. The third-order valence-electron chi connectivity index (χ3n) is 7.46. The number of primary amides is 1. The summed E-state index contributed by atoms with van der Waals surface area (Å²) in [6.07, 6.45) is 2.79. The van der Waals surface area contributed by atoms with Crippen molar-refractivity contribution in [3.63, 3.8) is 0 Å². The molecule has 1 aliphatic rings. The summed E-state index contributed by atoms with van der Waals surface area (Å²) < 4.78 is 31.4. The first-order chi connectivity index (χ1) is 22.2. The number of fused-ring (bicyclic) bond motifs is 1. The van der Waals surface area contributed by atoms with Crippen molar-refractivity contribution >= 4 is 45.9 Å². The summed E-state index contributed by atoms with van der Waals surface area (Å²) in [7, 11) is 0. The van der Waals surface area contributed by atoms with Crippen LogP contribution in [0.1, 0.15) is 28.2 Å². The Balaban J connectivity index is 1.23. The second-order valence-corrected chi connectivity index (χ2v) is 10.9. The zero-order valence-electron chi connectivity index (χ0n) is 24.0. The van der Waals surface area contributed by atoms with Gasteiger partial charge in [-0.2, -0.15) is 5.10 Å². The molecule has 2 atom stereocenters. The molecule has 0 radical (unpaired) electrons. The van der Waals surface area contributed by atoms with Crippen molar-refractivity contribution in [2.75, 3.05) is 11.9 Å². The minimum atomic E-state index is -1.48. The number of anilines is 1. The number of carbonyl (C=O) groups excluding carboxylic acids is 3. The average molecular weight is 640 g/mol. The molecule has 3 N–H and O–H groups in total. The van der Waals surface area contributed by atoms with Gasteiger partial charge in [0.25, 0.3) is 5.91 Å². The third kappa shape index (κ3) is 6.13. The number of hydrogen-bond acceptors (Lipinski definition) is 6. The Morgan fingerprint density at radius 1 is 1.04 bits per heavy atom. The van der Waals surface area contributed by atoms with E-state index < -0.39 is 42.3 Å². The number of alkyl halides is 1. The summed E-state index contributed by atoms with van der Waals surface area (Å²) in [6, 6.07) is 14.8. The summed E-state index contributed by atoms with van der Waals surface area (Å²) in [5, 5.41) is 7.44. The van der Waals surface area contributed by atoms with Gasteiger partial charge in [0, 0.05) is 45.9 Å². The number of likely N-dealkylation sites (tertiary alicyclic amines) is 1. The first-order valence-corrected chi connectivity index (χ1v) is 14.4. The minimum Gasteiger partial charge on any atom is -0.364 e. The zero-order chi connectivity index (χ0) is 32.4. The molecule has 5 aromatic rings. The number of amides is 3. The molecule has 0 spiro atoms. The Bertz CT molecular complexity index is 2060. The molecule has 1 aliphatic heterocycles. The van der Waals surface area contributed by atoms with Crippen molar-refractivity contribution in [1.82, 2.24) is 24.6 Å². The summed E-state index contributed by atoms with van der Waals surface area (Å²) in [5.41, 5.74) is 7.35. The summed E-state index contributed by atoms with van der Waals surface area (Å²) in [4.78, 5) is 48.2. The van der Waals surface area contributed by atoms with E-state index in [0.29, 0.717) is 32.7 Å². The molecule has 10 nitrogen and oxygen atoms in total. The van der Waals surface area contributed by atoms with E-state index in [2.05, 4.69) is 32.2 Å². The first-order valence-electron chi connectivity index (χ1n) is 14.1. The minimum absolute atomic E-state index is 0.0843. The molecule has 13 heteroatoms. The van der Waals surface area contributed by atoms with Crippen molar-refractivity contribution in [2.24, 2.45) is 5.73 Å². The molecule has 0 bridgehead atoms. The molecule has 3 amide bonds. The second-order valence-electron chi connectivity index (χ2n) is 10.5. The molecular formula is C33H24ClF2N7O3. The Kier molecular flexibility index (Phi) is 8.41. The molecule has 1 fully saturated rings. The van der Waals surface area contributed by atoms with Crippen molar-refractivity contribution in [3.05, 3.63) is 107 Å². The fourth-order valence-corrected chi connectivity index (χ4v) is 5.56. The molecule has 230 valence electrons. The maximum Gasteiger partial charge on any atom is 0.269 e. The monoisotopic (exact) mass is 639 g/mol. The van der Waals surface area contributed by atoms with Gasteiger partial charge >= 0.3 is 0 Å². The van der Waals surface area contributed by atoms with Gasteiger partial charge in [0.1, 0.15) is 24.5 Å². The van der Waals surface area contributed by atoms with Crippen molar-refractivity contribution in [2.45, 2.75) is 25.2 Å². The van der Waals surface area contributed by atoms with E-state index in [1.165, 1.54) is 35.4 Å². The van der Waals surface area contributed by atoms with Gasteiger partial charge in [-0.05, 0) is 36.3 Å². The van der Waals surface area contributed by atoms with Gasteiger partial charge in [-0.1, -0.05) is 47.9 Å². The number of benzene rings is 3. The Hall–Kier alpha value is -5.67. The molecule has 0 unspecified atom stereocenters. The number of nitrogens with zero attached hydrogens (tertiary/aromatic N) is 5. The van der Waals surface area contributed by atoms with Gasteiger partial charge < -0.3 is 16.0 Å². The molecule has 6 rings (SSSR count). The van der Waals surface area contributed by atoms with E-state index in [-0.39, 0.29) is 29.9 Å². The Labute approximate surface area is 266 Å². The highest BCUT2D eigenvalue weighted by Gasteiger charge is 2.40. The summed E-state index contributed by atoms with van der Waals surface area (Å²) in [6.45, 7) is -0.760. The maximum atomic E-state index is 15.5. The standard InChI is InChI=1S/C33H24ClF2N7O3/c34-25-6-2-1-4-22(25)23-5-3-7-26(30(23)36)40-33(46)28-15-20(35)17-42(28)29(44)18-43-27-11-9-19(8-10-21-16-38-12-13-39-21)14-24(27)31(41-43)32(37)45/h1-7,9,11-14,16,20,28H,15,17-18H2,(H2,37,45)(H,40,46)/t20-,28+/m1/s1. The van der Waals surface area contributed by atoms with Crippen molar-refractivity contribution < 1.29 is 23.2 Å². The Morgan fingerprint density at radius 2 is 1.85 bits per heavy atom. The van der Waals surface area contributed by atoms with Gasteiger partial charge in [-0.15, -0.1) is 0 Å². The summed E-state index contributed by atoms with van der Waals surface area (Å²) in [5.74, 6) is 2.89. The molecule has 3 heterocycles. The van der Waals surface area contributed by atoms with E-state index in [4.69, 9.17) is 17.3 Å². The maximum absolute atomic E-state index is 15.5. The van der Waals surface area contributed by atoms with Gasteiger partial charge in [0.2, 0.25) is 11.8 Å². The lowest BCUT2D eigenvalue weighted by molar-refractivity contribution is -0.137. The highest BCUT2D eigenvalue weighted by Crippen LogP contribution is 2.33. The normalized spacial score (nSPS) is 15.8. The van der Waals surface area contributed by atoms with Crippen LogP contribution in [0, 0.1) is 17.7 Å². The SMILES string of the molecule is NC(=O)c1nn(CC(=O)N2C[C@H](F)C[C@H]2C(=O)Nc2cccc(-c3ccccc3Cl)c2F)c2ccc(C#Cc3cnccn3)cc12. The van der Waals surface area contributed by atoms with Gasteiger partial charge in [-0.3, -0.25) is 24.0 Å². The van der Waals surface area contributed by atoms with Crippen LogP contribution in [0.5, 0.6) is 0 Å². The molecular weight excluding hydrogens is 616 g/mol. The van der Waals surface area contributed by atoms with Gasteiger partial charge in [0.05, 0.1) is 23.9 Å². The zero-order valence-corrected chi connectivity index (χ0v) is 24.7. The van der Waals surface area contributed by atoms with E-state index in [1.807, 2.05) is 0 Å². The van der Waals surface area contributed by atoms with Gasteiger partial charge in [-0.25, -0.2) is 13.8 Å². The van der Waals surface area contributed by atoms with Crippen LogP contribution in [0.2, 0.25) is 5.02 Å². The van der Waals surface area contributed by atoms with Gasteiger partial charge in [0.15, 0.2) is 11.5 Å². The number of hydrogen-bond donors (Lipinski definition) is 2. The molecule has 3 aromatic carbocycles. The van der Waals surface area contributed by atoms with Crippen LogP contribution >= 0.6 is 11.6 Å². The predicted octanol–water partition coefficient (Wildman–Crippen LogP) is 4.36. The van der Waals surface area contributed by atoms with E-state index in [9.17, 15) is 18.8 Å². The fourth-order valence-electron chi connectivity index (χ4n) is 5.32. The quantitative estimate of drug-likeness (QED) is 0.265. The lowest BCUT2D eigenvalue weighted by Gasteiger charge is -2.24. The molecule has 1 saturated heterocycles. The van der Waals surface area contributed by atoms with E-state index >= 15 is 4.39 Å². The number of carbonyl (C=O) groups is 3. The highest BCUT2D eigenvalue weighted by atomic mass is 35.5. The molecule has 0 saturated carbocycles. The van der Waals surface area contributed by atoms with Crippen LogP contribution in [0.25, 0.3) is 22.0 Å². The Morgan fingerprint density at radius 3 is 2.61 bits per heavy atom. The number of nitrogens with one attached hydrogen (secondary N) is 1. The van der Waals surface area contributed by atoms with E-state index in [1.54, 1.807) is 48.5 Å². The number of halogens is 3. The van der Waals surface area contributed by atoms with Crippen LogP contribution in [0.4, 0.5) is 14.5 Å². The number of nitrogens with two attached hydrogens (primary N) is 1. The molecule has 0 aliphatic carbocycles. The average Bonchev–Trinajstić information content (AvgIpc) is 3.62. The number of aromatic nitrogens is 4. The topological polar surface area (TPSA) is 136 Å². The number of rotatable bonds is 6. The lowest BCUT2D eigenvalue weighted by atomic mass is 10.0. The second kappa shape index (κ2) is 12.7. The fraction of sp³-hybridized carbons (Fsp3) is 0.152. The smallest absolute Gasteiger partial charge is 0.269 e. The third-order valence-corrected chi connectivity index (χ3v) is 7.79. The van der Waals surface area contributed by atoms with Crippen molar-refractivity contribution in [3.8, 4) is 23.0 Å². The van der Waals surface area contributed by atoms with Crippen LogP contribution in [-0.2, 0) is 16.1 Å². The molecule has 2 aromatic heterocycles. The highest BCUT2D eigenvalue weighted by molar-refractivity contribution is 6.33. The van der Waals surface area contributed by atoms with Crippen LogP contribution in [0.15, 0.2) is 79.3 Å². The van der Waals surface area contributed by atoms with Crippen LogP contribution in [0.3, 0.4) is 0 Å². The predicted molar refractivity (Wildman–Crippen MR) is 167 cm³/mol. The van der Waals surface area contributed by atoms with E-state index in [0.717, 1.165) is 4.90 Å². The lowest BCUT2D eigenvalue weighted by Crippen LogP contribution is -2.44. The molecule has 46 heavy (non-hydrogen) atoms. The van der Waals surface area contributed by atoms with Crippen LogP contribution in [-0.4, -0.2) is 61.1 Å². The van der Waals surface area contributed by atoms with Crippen LogP contribution < -0.4 is 11.1 Å². The largest absolute Gasteiger partial charge is 0.364 e. The van der Waals surface area contributed by atoms with Crippen molar-refractivity contribution in [1.29, 1.82) is 0 Å². The first kappa shape index (κ1) is 30.4.